The number of hydrogen-bond donors (Lipinski definition) is 1. The van der Waals surface area contributed by atoms with Crippen molar-refractivity contribution in [2.75, 3.05) is 0 Å². The number of phenolic OH excluding ortho intramolecular Hbond substituents is 1. The van der Waals surface area contributed by atoms with E-state index in [-0.39, 0.29) is 5.75 Å². The summed E-state index contributed by atoms with van der Waals surface area (Å²) >= 11 is 3.22. The standard InChI is InChI=1S/C12H9BrN4O2/c1-17-5-4-9(15-17)11-14-12(19-16-11)7-2-3-8(13)10(18)6-7/h2-6,18H,1H3. The first-order valence-corrected chi connectivity index (χ1v) is 6.25. The molecule has 0 aliphatic heterocycles. The van der Waals surface area contributed by atoms with Crippen LogP contribution in [0.5, 0.6) is 5.75 Å². The van der Waals surface area contributed by atoms with Gasteiger partial charge in [0.25, 0.3) is 5.89 Å². The van der Waals surface area contributed by atoms with Crippen molar-refractivity contribution in [2.24, 2.45) is 7.05 Å². The Morgan fingerprint density at radius 3 is 2.84 bits per heavy atom. The van der Waals surface area contributed by atoms with Crippen LogP contribution in [0, 0.1) is 0 Å². The third-order valence-corrected chi connectivity index (χ3v) is 3.23. The van der Waals surface area contributed by atoms with Crippen LogP contribution in [0.25, 0.3) is 23.0 Å². The fourth-order valence-electron chi connectivity index (χ4n) is 1.62. The Bertz CT molecular complexity index is 735. The molecule has 1 N–H and O–H groups in total. The van der Waals surface area contributed by atoms with E-state index < -0.39 is 0 Å². The summed E-state index contributed by atoms with van der Waals surface area (Å²) in [5.41, 5.74) is 1.29. The van der Waals surface area contributed by atoms with Gasteiger partial charge < -0.3 is 9.63 Å². The monoisotopic (exact) mass is 320 g/mol. The van der Waals surface area contributed by atoms with E-state index >= 15 is 0 Å². The van der Waals surface area contributed by atoms with Crippen molar-refractivity contribution in [3.8, 4) is 28.7 Å². The molecule has 3 aromatic rings. The zero-order valence-electron chi connectivity index (χ0n) is 9.91. The van der Waals surface area contributed by atoms with E-state index in [2.05, 4.69) is 31.2 Å². The van der Waals surface area contributed by atoms with E-state index in [1.807, 2.05) is 7.05 Å². The number of phenols is 1. The van der Waals surface area contributed by atoms with Crippen LogP contribution in [0.1, 0.15) is 0 Å². The molecular weight excluding hydrogens is 312 g/mol. The topological polar surface area (TPSA) is 77.0 Å². The van der Waals surface area contributed by atoms with Gasteiger partial charge in [-0.3, -0.25) is 4.68 Å². The molecule has 0 atom stereocenters. The van der Waals surface area contributed by atoms with Gasteiger partial charge in [-0.25, -0.2) is 0 Å². The number of rotatable bonds is 2. The van der Waals surface area contributed by atoms with Crippen LogP contribution in [-0.4, -0.2) is 25.0 Å². The third kappa shape index (κ3) is 2.24. The minimum absolute atomic E-state index is 0.120. The van der Waals surface area contributed by atoms with Gasteiger partial charge in [-0.2, -0.15) is 10.1 Å². The molecule has 1 aromatic carbocycles. The minimum Gasteiger partial charge on any atom is -0.507 e. The van der Waals surface area contributed by atoms with Crippen LogP contribution >= 0.6 is 15.9 Å². The van der Waals surface area contributed by atoms with E-state index in [9.17, 15) is 5.11 Å². The average molecular weight is 321 g/mol. The van der Waals surface area contributed by atoms with E-state index in [4.69, 9.17) is 4.52 Å². The lowest BCUT2D eigenvalue weighted by Crippen LogP contribution is -1.88. The molecule has 0 aliphatic carbocycles. The smallest absolute Gasteiger partial charge is 0.258 e. The second-order valence-corrected chi connectivity index (χ2v) is 4.82. The maximum absolute atomic E-state index is 9.64. The van der Waals surface area contributed by atoms with Gasteiger partial charge in [-0.05, 0) is 40.2 Å². The molecule has 6 nitrogen and oxygen atoms in total. The van der Waals surface area contributed by atoms with E-state index in [0.29, 0.717) is 27.4 Å². The fourth-order valence-corrected chi connectivity index (χ4v) is 1.87. The van der Waals surface area contributed by atoms with Gasteiger partial charge in [0.1, 0.15) is 11.4 Å². The first kappa shape index (κ1) is 11.9. The Labute approximate surface area is 116 Å². The summed E-state index contributed by atoms with van der Waals surface area (Å²) in [5, 5.41) is 17.7. The SMILES string of the molecule is Cn1ccc(-c2noc(-c3ccc(Br)c(O)c3)n2)n1. The van der Waals surface area contributed by atoms with Crippen LogP contribution in [0.4, 0.5) is 0 Å². The van der Waals surface area contributed by atoms with Gasteiger partial charge in [0.2, 0.25) is 5.82 Å². The van der Waals surface area contributed by atoms with Crippen LogP contribution in [-0.2, 0) is 7.05 Å². The zero-order valence-corrected chi connectivity index (χ0v) is 11.5. The highest BCUT2D eigenvalue weighted by atomic mass is 79.9. The summed E-state index contributed by atoms with van der Waals surface area (Å²) in [4.78, 5) is 4.25. The molecule has 3 rings (SSSR count). The van der Waals surface area contributed by atoms with Gasteiger partial charge in [-0.1, -0.05) is 5.16 Å². The molecule has 2 heterocycles. The summed E-state index contributed by atoms with van der Waals surface area (Å²) in [6.07, 6.45) is 1.80. The summed E-state index contributed by atoms with van der Waals surface area (Å²) in [7, 11) is 1.82. The van der Waals surface area contributed by atoms with Gasteiger partial charge in [0, 0.05) is 18.8 Å². The van der Waals surface area contributed by atoms with Gasteiger partial charge in [0.05, 0.1) is 4.47 Å². The first-order valence-electron chi connectivity index (χ1n) is 5.46. The predicted octanol–water partition coefficient (Wildman–Crippen LogP) is 2.61. The van der Waals surface area contributed by atoms with E-state index in [1.165, 1.54) is 0 Å². The first-order chi connectivity index (χ1) is 9.13. The van der Waals surface area contributed by atoms with E-state index in [0.717, 1.165) is 0 Å². The number of aromatic nitrogens is 4. The van der Waals surface area contributed by atoms with Gasteiger partial charge in [0.15, 0.2) is 0 Å². The van der Waals surface area contributed by atoms with E-state index in [1.54, 1.807) is 35.1 Å². The van der Waals surface area contributed by atoms with Crippen molar-refractivity contribution >= 4 is 15.9 Å². The Morgan fingerprint density at radius 1 is 1.32 bits per heavy atom. The summed E-state index contributed by atoms with van der Waals surface area (Å²) in [5.74, 6) is 0.872. The number of aryl methyl sites for hydroxylation is 1. The van der Waals surface area contributed by atoms with Crippen LogP contribution in [0.2, 0.25) is 0 Å². The quantitative estimate of drug-likeness (QED) is 0.785. The molecule has 0 spiro atoms. The molecule has 19 heavy (non-hydrogen) atoms. The molecule has 0 amide bonds. The fraction of sp³-hybridized carbons (Fsp3) is 0.0833. The number of halogens is 1. The molecule has 0 bridgehead atoms. The van der Waals surface area contributed by atoms with Crippen molar-refractivity contribution in [1.82, 2.24) is 19.9 Å². The molecule has 7 heteroatoms. The van der Waals surface area contributed by atoms with Crippen LogP contribution in [0.3, 0.4) is 0 Å². The largest absolute Gasteiger partial charge is 0.507 e. The number of hydrogen-bond acceptors (Lipinski definition) is 5. The number of nitrogens with zero attached hydrogens (tertiary/aromatic N) is 4. The Morgan fingerprint density at radius 2 is 2.16 bits per heavy atom. The van der Waals surface area contributed by atoms with Gasteiger partial charge >= 0.3 is 0 Å². The third-order valence-electron chi connectivity index (χ3n) is 2.56. The van der Waals surface area contributed by atoms with Crippen molar-refractivity contribution in [1.29, 1.82) is 0 Å². The summed E-state index contributed by atoms with van der Waals surface area (Å²) in [6, 6.07) is 6.85. The zero-order chi connectivity index (χ0) is 13.4. The normalized spacial score (nSPS) is 10.8. The molecule has 0 saturated carbocycles. The van der Waals surface area contributed by atoms with Crippen LogP contribution in [0.15, 0.2) is 39.5 Å². The van der Waals surface area contributed by atoms with Gasteiger partial charge in [-0.15, -0.1) is 0 Å². The molecule has 0 fully saturated rings. The van der Waals surface area contributed by atoms with Crippen molar-refractivity contribution in [3.05, 3.63) is 34.9 Å². The number of aromatic hydroxyl groups is 1. The van der Waals surface area contributed by atoms with Crippen LogP contribution < -0.4 is 0 Å². The maximum Gasteiger partial charge on any atom is 0.258 e. The highest BCUT2D eigenvalue weighted by molar-refractivity contribution is 9.10. The lowest BCUT2D eigenvalue weighted by molar-refractivity contribution is 0.431. The second kappa shape index (κ2) is 4.51. The Hall–Kier alpha value is -2.15. The second-order valence-electron chi connectivity index (χ2n) is 3.96. The summed E-state index contributed by atoms with van der Waals surface area (Å²) in [6.45, 7) is 0. The lowest BCUT2D eigenvalue weighted by atomic mass is 10.2. The minimum atomic E-state index is 0.120. The molecule has 0 saturated heterocycles. The Kier molecular flexibility index (Phi) is 2.83. The summed E-state index contributed by atoms with van der Waals surface area (Å²) < 4.78 is 7.45. The van der Waals surface area contributed by atoms with Crippen molar-refractivity contribution in [2.45, 2.75) is 0 Å². The number of benzene rings is 1. The molecule has 0 unspecified atom stereocenters. The highest BCUT2D eigenvalue weighted by Crippen LogP contribution is 2.29. The molecule has 2 aromatic heterocycles. The molecule has 0 aliphatic rings. The predicted molar refractivity (Wildman–Crippen MR) is 71.3 cm³/mol. The molecule has 0 radical (unpaired) electrons. The van der Waals surface area contributed by atoms with Crippen molar-refractivity contribution in [3.63, 3.8) is 0 Å². The maximum atomic E-state index is 9.64. The molecular formula is C12H9BrN4O2. The molecule has 96 valence electrons. The lowest BCUT2D eigenvalue weighted by Gasteiger charge is -1.97. The van der Waals surface area contributed by atoms with Crippen molar-refractivity contribution < 1.29 is 9.63 Å². The highest BCUT2D eigenvalue weighted by Gasteiger charge is 2.13. The average Bonchev–Trinajstić information content (AvgIpc) is 3.01. The Balaban J connectivity index is 1.98.